The lowest BCUT2D eigenvalue weighted by molar-refractivity contribution is -0.120. The molecule has 8 heteroatoms. The first-order valence-corrected chi connectivity index (χ1v) is 10.2. The smallest absolute Gasteiger partial charge is 0.181 e. The van der Waals surface area contributed by atoms with E-state index in [1.165, 1.54) is 13.8 Å². The summed E-state index contributed by atoms with van der Waals surface area (Å²) in [6.45, 7) is 2.96. The van der Waals surface area contributed by atoms with Crippen molar-refractivity contribution in [3.05, 3.63) is 30.1 Å². The second kappa shape index (κ2) is 6.83. The molecule has 0 atom stereocenters. The molecule has 26 heavy (non-hydrogen) atoms. The highest BCUT2D eigenvalue weighted by molar-refractivity contribution is 7.93. The SMILES string of the molecule is COc1cccc(-c2n[nH]c(CC(=O)C(C)(C)S(=O)(=O)CC3CC3)n2)c1. The van der Waals surface area contributed by atoms with Crippen molar-refractivity contribution in [2.24, 2.45) is 5.92 Å². The van der Waals surface area contributed by atoms with E-state index in [4.69, 9.17) is 4.74 Å². The van der Waals surface area contributed by atoms with Crippen molar-refractivity contribution >= 4 is 15.6 Å². The number of Topliss-reactive ketones (excluding diaryl/α,β-unsaturated/α-hetero) is 1. The van der Waals surface area contributed by atoms with Crippen LogP contribution in [0.4, 0.5) is 0 Å². The molecule has 1 aliphatic carbocycles. The van der Waals surface area contributed by atoms with Crippen molar-refractivity contribution in [1.82, 2.24) is 15.2 Å². The molecule has 0 aliphatic heterocycles. The highest BCUT2D eigenvalue weighted by Crippen LogP contribution is 2.34. The lowest BCUT2D eigenvalue weighted by Gasteiger charge is -2.22. The van der Waals surface area contributed by atoms with Gasteiger partial charge in [0.2, 0.25) is 0 Å². The predicted octanol–water partition coefficient (Wildman–Crippen LogP) is 2.20. The Hall–Kier alpha value is -2.22. The van der Waals surface area contributed by atoms with Crippen LogP contribution in [0.5, 0.6) is 5.75 Å². The zero-order valence-corrected chi connectivity index (χ0v) is 16.0. The number of aromatic nitrogens is 3. The van der Waals surface area contributed by atoms with Crippen LogP contribution in [0.1, 0.15) is 32.5 Å². The van der Waals surface area contributed by atoms with Crippen LogP contribution in [0, 0.1) is 5.92 Å². The Labute approximate surface area is 153 Å². The van der Waals surface area contributed by atoms with Gasteiger partial charge in [0, 0.05) is 5.56 Å². The standard InChI is InChI=1S/C18H23N3O4S/c1-18(2,26(23,24)11-12-7-8-12)15(22)10-16-19-17(21-20-16)13-5-4-6-14(9-13)25-3/h4-6,9,12H,7-8,10-11H2,1-3H3,(H,19,20,21). The molecule has 0 amide bonds. The van der Waals surface area contributed by atoms with Gasteiger partial charge in [-0.25, -0.2) is 13.4 Å². The van der Waals surface area contributed by atoms with Gasteiger partial charge in [0.15, 0.2) is 21.4 Å². The Kier molecular flexibility index (Phi) is 4.88. The van der Waals surface area contributed by atoms with E-state index in [9.17, 15) is 13.2 Å². The molecule has 0 unspecified atom stereocenters. The van der Waals surface area contributed by atoms with Gasteiger partial charge in [-0.1, -0.05) is 12.1 Å². The Bertz CT molecular complexity index is 914. The Morgan fingerprint density at radius 1 is 1.35 bits per heavy atom. The summed E-state index contributed by atoms with van der Waals surface area (Å²) >= 11 is 0. The molecule has 0 bridgehead atoms. The molecule has 3 rings (SSSR count). The average molecular weight is 377 g/mol. The maximum atomic E-state index is 12.6. The van der Waals surface area contributed by atoms with Gasteiger partial charge in [0.25, 0.3) is 0 Å². The lowest BCUT2D eigenvalue weighted by atomic mass is 10.1. The number of nitrogens with zero attached hydrogens (tertiary/aromatic N) is 2. The average Bonchev–Trinajstić information content (AvgIpc) is 3.28. The fourth-order valence-electron chi connectivity index (χ4n) is 2.61. The van der Waals surface area contributed by atoms with Crippen LogP contribution in [0.25, 0.3) is 11.4 Å². The Morgan fingerprint density at radius 2 is 2.08 bits per heavy atom. The number of benzene rings is 1. The number of carbonyl (C=O) groups excluding carboxylic acids is 1. The van der Waals surface area contributed by atoms with E-state index in [-0.39, 0.29) is 23.9 Å². The maximum absolute atomic E-state index is 12.6. The van der Waals surface area contributed by atoms with Gasteiger partial charge >= 0.3 is 0 Å². The molecule has 1 aromatic carbocycles. The van der Waals surface area contributed by atoms with Crippen LogP contribution < -0.4 is 4.74 Å². The molecule has 0 saturated heterocycles. The van der Waals surface area contributed by atoms with Crippen molar-refractivity contribution in [3.63, 3.8) is 0 Å². The maximum Gasteiger partial charge on any atom is 0.181 e. The molecule has 2 aromatic rings. The second-order valence-electron chi connectivity index (χ2n) is 7.17. The van der Waals surface area contributed by atoms with Crippen LogP contribution in [0.2, 0.25) is 0 Å². The van der Waals surface area contributed by atoms with Crippen molar-refractivity contribution < 1.29 is 17.9 Å². The van der Waals surface area contributed by atoms with Gasteiger partial charge in [-0.15, -0.1) is 0 Å². The monoisotopic (exact) mass is 377 g/mol. The number of hydrogen-bond donors (Lipinski definition) is 1. The summed E-state index contributed by atoms with van der Waals surface area (Å²) in [5.74, 6) is 1.37. The third-order valence-electron chi connectivity index (χ3n) is 4.79. The molecule has 7 nitrogen and oxygen atoms in total. The number of nitrogens with one attached hydrogen (secondary N) is 1. The Balaban J connectivity index is 1.74. The van der Waals surface area contributed by atoms with Crippen molar-refractivity contribution in [1.29, 1.82) is 0 Å². The number of aromatic amines is 1. The summed E-state index contributed by atoms with van der Waals surface area (Å²) in [4.78, 5) is 17.0. The number of carbonyl (C=O) groups is 1. The summed E-state index contributed by atoms with van der Waals surface area (Å²) in [6.07, 6.45) is 1.75. The Morgan fingerprint density at radius 3 is 2.73 bits per heavy atom. The topological polar surface area (TPSA) is 102 Å². The number of ketones is 1. The number of sulfone groups is 1. The van der Waals surface area contributed by atoms with Crippen LogP contribution in [0.15, 0.2) is 24.3 Å². The largest absolute Gasteiger partial charge is 0.497 e. The van der Waals surface area contributed by atoms with E-state index in [2.05, 4.69) is 15.2 Å². The van der Waals surface area contributed by atoms with Gasteiger partial charge in [0.1, 0.15) is 16.3 Å². The first kappa shape index (κ1) is 18.6. The molecule has 1 saturated carbocycles. The van der Waals surface area contributed by atoms with E-state index in [1.807, 2.05) is 18.2 Å². The quantitative estimate of drug-likeness (QED) is 0.757. The van der Waals surface area contributed by atoms with Crippen molar-refractivity contribution in [2.45, 2.75) is 37.9 Å². The van der Waals surface area contributed by atoms with Gasteiger partial charge in [0.05, 0.1) is 19.3 Å². The molecule has 0 spiro atoms. The van der Waals surface area contributed by atoms with Crippen molar-refractivity contribution in [2.75, 3.05) is 12.9 Å². The third kappa shape index (κ3) is 3.80. The molecule has 140 valence electrons. The van der Waals surface area contributed by atoms with E-state index in [0.29, 0.717) is 17.4 Å². The molecule has 1 heterocycles. The third-order valence-corrected chi connectivity index (χ3v) is 7.48. The zero-order valence-electron chi connectivity index (χ0n) is 15.2. The number of methoxy groups -OCH3 is 1. The van der Waals surface area contributed by atoms with Gasteiger partial charge in [-0.05, 0) is 44.7 Å². The van der Waals surface area contributed by atoms with E-state index >= 15 is 0 Å². The van der Waals surface area contributed by atoms with Gasteiger partial charge in [-0.3, -0.25) is 9.89 Å². The van der Waals surface area contributed by atoms with Crippen molar-refractivity contribution in [3.8, 4) is 17.1 Å². The molecular weight excluding hydrogens is 354 g/mol. The molecule has 0 radical (unpaired) electrons. The molecule has 1 aliphatic rings. The number of ether oxygens (including phenoxy) is 1. The number of hydrogen-bond acceptors (Lipinski definition) is 6. The van der Waals surface area contributed by atoms with Crippen LogP contribution in [-0.2, 0) is 21.1 Å². The molecule has 1 N–H and O–H groups in total. The highest BCUT2D eigenvalue weighted by Gasteiger charge is 2.44. The molecular formula is C18H23N3O4S. The van der Waals surface area contributed by atoms with E-state index in [1.54, 1.807) is 13.2 Å². The lowest BCUT2D eigenvalue weighted by Crippen LogP contribution is -2.43. The fraction of sp³-hybridized carbons (Fsp3) is 0.500. The minimum Gasteiger partial charge on any atom is -0.497 e. The summed E-state index contributed by atoms with van der Waals surface area (Å²) < 4.78 is 28.8. The number of rotatable bonds is 8. The highest BCUT2D eigenvalue weighted by atomic mass is 32.2. The number of H-pyrrole nitrogens is 1. The summed E-state index contributed by atoms with van der Waals surface area (Å²) in [6, 6.07) is 7.26. The first-order chi connectivity index (χ1) is 12.2. The van der Waals surface area contributed by atoms with E-state index < -0.39 is 14.6 Å². The normalized spacial score (nSPS) is 15.0. The first-order valence-electron chi connectivity index (χ1n) is 8.54. The minimum atomic E-state index is -3.50. The second-order valence-corrected chi connectivity index (χ2v) is 9.76. The predicted molar refractivity (Wildman–Crippen MR) is 97.7 cm³/mol. The van der Waals surface area contributed by atoms with Crippen LogP contribution in [0.3, 0.4) is 0 Å². The zero-order chi connectivity index (χ0) is 18.9. The fourth-order valence-corrected chi connectivity index (χ4v) is 4.40. The van der Waals surface area contributed by atoms with Crippen LogP contribution in [-0.4, -0.2) is 47.0 Å². The van der Waals surface area contributed by atoms with E-state index in [0.717, 1.165) is 18.4 Å². The van der Waals surface area contributed by atoms with Crippen LogP contribution >= 0.6 is 0 Å². The summed E-state index contributed by atoms with van der Waals surface area (Å²) in [5, 5.41) is 6.86. The molecule has 1 fully saturated rings. The van der Waals surface area contributed by atoms with Gasteiger partial charge < -0.3 is 4.74 Å². The molecule has 1 aromatic heterocycles. The van der Waals surface area contributed by atoms with Gasteiger partial charge in [-0.2, -0.15) is 5.10 Å². The summed E-state index contributed by atoms with van der Waals surface area (Å²) in [5.41, 5.74) is 0.750. The minimum absolute atomic E-state index is 0.0806. The summed E-state index contributed by atoms with van der Waals surface area (Å²) in [7, 11) is -1.92.